The average Bonchev–Trinajstić information content (AvgIpc) is 4.07. The zero-order valence-electron chi connectivity index (χ0n) is 32.7. The molecule has 5 heterocycles. The Morgan fingerprint density at radius 2 is 1.39 bits per heavy atom. The van der Waals surface area contributed by atoms with Crippen molar-refractivity contribution in [2.75, 3.05) is 27.2 Å². The zero-order chi connectivity index (χ0) is 40.2. The van der Waals surface area contributed by atoms with Gasteiger partial charge in [-0.3, -0.25) is 14.6 Å². The third-order valence-corrected chi connectivity index (χ3v) is 10.7. The first kappa shape index (κ1) is 38.9. The number of carbonyl (C=O) groups excluding carboxylic acids is 4. The highest BCUT2D eigenvalue weighted by Gasteiger charge is 2.39. The lowest BCUT2D eigenvalue weighted by Gasteiger charge is -2.29. The van der Waals surface area contributed by atoms with Crippen LogP contribution >= 0.6 is 0 Å². The van der Waals surface area contributed by atoms with Crippen molar-refractivity contribution in [3.8, 4) is 33.8 Å². The molecule has 4 N–H and O–H groups in total. The topological polar surface area (TPSA) is 200 Å². The number of H-pyrrole nitrogens is 2. The van der Waals surface area contributed by atoms with E-state index in [1.165, 1.54) is 14.2 Å². The number of benzene rings is 2. The van der Waals surface area contributed by atoms with Crippen LogP contribution in [0.5, 0.6) is 0 Å². The minimum atomic E-state index is -0.885. The predicted octanol–water partition coefficient (Wildman–Crippen LogP) is 5.92. The van der Waals surface area contributed by atoms with Crippen LogP contribution in [0.2, 0.25) is 0 Å². The van der Waals surface area contributed by atoms with Gasteiger partial charge in [0.25, 0.3) is 5.91 Å². The molecule has 2 aromatic carbocycles. The van der Waals surface area contributed by atoms with E-state index in [-0.39, 0.29) is 29.8 Å². The lowest BCUT2D eigenvalue weighted by molar-refractivity contribution is -0.143. The molecule has 7 rings (SSSR count). The molecule has 0 spiro atoms. The summed E-state index contributed by atoms with van der Waals surface area (Å²) in [6.45, 7) is 6.72. The van der Waals surface area contributed by atoms with Gasteiger partial charge in [0, 0.05) is 31.3 Å². The fourth-order valence-corrected chi connectivity index (χ4v) is 7.62. The molecule has 0 aliphatic carbocycles. The van der Waals surface area contributed by atoms with Crippen LogP contribution in [0.3, 0.4) is 0 Å². The van der Waals surface area contributed by atoms with Crippen molar-refractivity contribution in [2.24, 2.45) is 5.92 Å². The van der Waals surface area contributed by atoms with Crippen LogP contribution in [0.25, 0.3) is 44.8 Å². The number of imidazole rings is 2. The van der Waals surface area contributed by atoms with Crippen molar-refractivity contribution < 1.29 is 28.7 Å². The molecule has 0 saturated carbocycles. The second kappa shape index (κ2) is 16.8. The first-order valence-electron chi connectivity index (χ1n) is 19.4. The van der Waals surface area contributed by atoms with Crippen molar-refractivity contribution in [3.63, 3.8) is 0 Å². The Kier molecular flexibility index (Phi) is 11.5. The Bertz CT molecular complexity index is 2250. The molecular formula is C41H48N10O6. The second-order valence-electron chi connectivity index (χ2n) is 14.7. The van der Waals surface area contributed by atoms with Crippen LogP contribution < -0.4 is 10.6 Å². The third kappa shape index (κ3) is 8.16. The SMILES string of the molecule is CC[C@H](NC(=O)OC)C(=O)N1CCCC1c1ncc(-c2ccc3nc(-c4ccc(-c5cnc(C6CCCN6C(=O)[C@@H](OC(=O)NC)C(C)C)[nH]5)cc4)cnc3c2)[nH]1. The van der Waals surface area contributed by atoms with Crippen molar-refractivity contribution in [1.82, 2.24) is 50.3 Å². The van der Waals surface area contributed by atoms with Crippen LogP contribution in [-0.4, -0.2) is 103 Å². The second-order valence-corrected chi connectivity index (χ2v) is 14.7. The number of nitrogens with one attached hydrogen (secondary N) is 4. The first-order valence-corrected chi connectivity index (χ1v) is 19.4. The molecule has 2 unspecified atom stereocenters. The predicted molar refractivity (Wildman–Crippen MR) is 211 cm³/mol. The van der Waals surface area contributed by atoms with Crippen molar-refractivity contribution in [2.45, 2.75) is 77.1 Å². The van der Waals surface area contributed by atoms with Crippen molar-refractivity contribution in [1.29, 1.82) is 0 Å². The van der Waals surface area contributed by atoms with E-state index >= 15 is 0 Å². The third-order valence-electron chi connectivity index (χ3n) is 10.7. The maximum Gasteiger partial charge on any atom is 0.407 e. The molecule has 4 amide bonds. The minimum Gasteiger partial charge on any atom is -0.453 e. The number of aromatic nitrogens is 6. The van der Waals surface area contributed by atoms with E-state index in [0.29, 0.717) is 31.2 Å². The van der Waals surface area contributed by atoms with Gasteiger partial charge in [0.1, 0.15) is 17.7 Å². The van der Waals surface area contributed by atoms with E-state index in [4.69, 9.17) is 19.4 Å². The van der Waals surface area contributed by atoms with Crippen LogP contribution in [0.1, 0.15) is 76.6 Å². The van der Waals surface area contributed by atoms with Gasteiger partial charge in [-0.2, -0.15) is 0 Å². The summed E-state index contributed by atoms with van der Waals surface area (Å²) in [5.74, 6) is 0.829. The molecule has 0 bridgehead atoms. The number of methoxy groups -OCH3 is 1. The smallest absolute Gasteiger partial charge is 0.407 e. The summed E-state index contributed by atoms with van der Waals surface area (Å²) in [5, 5.41) is 5.07. The summed E-state index contributed by atoms with van der Waals surface area (Å²) >= 11 is 0. The Hall–Kier alpha value is -6.32. The maximum atomic E-state index is 13.5. The van der Waals surface area contributed by atoms with Gasteiger partial charge in [0.05, 0.1) is 65.9 Å². The number of carbonyl (C=O) groups is 4. The number of fused-ring (bicyclic) bond motifs is 1. The van der Waals surface area contributed by atoms with E-state index in [9.17, 15) is 19.2 Å². The lowest BCUT2D eigenvalue weighted by Crippen LogP contribution is -2.48. The molecule has 2 aliphatic rings. The normalized spacial score (nSPS) is 17.8. The maximum absolute atomic E-state index is 13.5. The Balaban J connectivity index is 1.02. The lowest BCUT2D eigenvalue weighted by atomic mass is 10.1. The van der Waals surface area contributed by atoms with Gasteiger partial charge in [-0.25, -0.2) is 24.5 Å². The van der Waals surface area contributed by atoms with Crippen LogP contribution in [0.15, 0.2) is 61.1 Å². The highest BCUT2D eigenvalue weighted by atomic mass is 16.6. The number of hydrogen-bond donors (Lipinski definition) is 4. The molecule has 3 aromatic heterocycles. The van der Waals surface area contributed by atoms with Crippen molar-refractivity contribution >= 4 is 35.0 Å². The highest BCUT2D eigenvalue weighted by molar-refractivity contribution is 5.87. The summed E-state index contributed by atoms with van der Waals surface area (Å²) in [7, 11) is 2.75. The number of likely N-dealkylation sites (tertiary alicyclic amines) is 2. The number of amides is 4. The molecule has 5 aromatic rings. The van der Waals surface area contributed by atoms with Crippen LogP contribution in [0.4, 0.5) is 9.59 Å². The van der Waals surface area contributed by atoms with E-state index in [1.54, 1.807) is 28.4 Å². The molecule has 2 fully saturated rings. The standard InChI is InChI=1S/C41H48N10O6/c1-6-27(49-41(55)56-5)38(52)50-17-7-9-33(50)36-45-22-32(48-36)26-15-16-28-29(19-26)43-20-30(46-28)24-11-13-25(14-12-24)31-21-44-37(47-31)34-10-8-18-51(34)39(53)35(23(2)3)57-40(54)42-4/h11-16,19-23,27,33-35H,6-10,17-18H2,1-5H3,(H,42,54)(H,44,47)(H,45,48)(H,49,55)/t27-,33?,34?,35-/m0/s1. The number of aromatic amines is 2. The van der Waals surface area contributed by atoms with Gasteiger partial charge in [0.15, 0.2) is 6.10 Å². The fourth-order valence-electron chi connectivity index (χ4n) is 7.62. The number of ether oxygens (including phenoxy) is 2. The van der Waals surface area contributed by atoms with Gasteiger partial charge >= 0.3 is 12.2 Å². The van der Waals surface area contributed by atoms with E-state index in [1.807, 2.05) is 63.2 Å². The van der Waals surface area contributed by atoms with Gasteiger partial charge in [-0.05, 0) is 55.7 Å². The molecule has 16 nitrogen and oxygen atoms in total. The van der Waals surface area contributed by atoms with Crippen LogP contribution in [-0.2, 0) is 19.1 Å². The summed E-state index contributed by atoms with van der Waals surface area (Å²) in [6.07, 6.45) is 6.79. The average molecular weight is 777 g/mol. The molecule has 298 valence electrons. The molecule has 57 heavy (non-hydrogen) atoms. The van der Waals surface area contributed by atoms with E-state index in [0.717, 1.165) is 70.5 Å². The Morgan fingerprint density at radius 1 is 0.789 bits per heavy atom. The van der Waals surface area contributed by atoms with Gasteiger partial charge in [0.2, 0.25) is 5.91 Å². The molecule has 0 radical (unpaired) electrons. The number of rotatable bonds is 11. The molecule has 16 heteroatoms. The zero-order valence-corrected chi connectivity index (χ0v) is 32.7. The molecule has 2 aliphatic heterocycles. The largest absolute Gasteiger partial charge is 0.453 e. The summed E-state index contributed by atoms with van der Waals surface area (Å²) in [5.41, 5.74) is 6.55. The van der Waals surface area contributed by atoms with E-state index < -0.39 is 24.3 Å². The van der Waals surface area contributed by atoms with Gasteiger partial charge in [-0.1, -0.05) is 51.1 Å². The molecule has 4 atom stereocenters. The van der Waals surface area contributed by atoms with Gasteiger partial charge in [-0.15, -0.1) is 0 Å². The summed E-state index contributed by atoms with van der Waals surface area (Å²) in [4.78, 5) is 79.9. The van der Waals surface area contributed by atoms with Gasteiger partial charge < -0.3 is 39.9 Å². The van der Waals surface area contributed by atoms with E-state index in [2.05, 4.69) is 30.6 Å². The van der Waals surface area contributed by atoms with Crippen molar-refractivity contribution in [3.05, 3.63) is 72.7 Å². The number of nitrogens with zero attached hydrogens (tertiary/aromatic N) is 6. The number of alkyl carbamates (subject to hydrolysis) is 2. The summed E-state index contributed by atoms with van der Waals surface area (Å²) in [6, 6.07) is 12.7. The first-order chi connectivity index (χ1) is 27.6. The molecular weight excluding hydrogens is 729 g/mol. The minimum absolute atomic E-state index is 0.154. The number of hydrogen-bond acceptors (Lipinski definition) is 10. The molecule has 2 saturated heterocycles. The van der Waals surface area contributed by atoms with Crippen LogP contribution in [0, 0.1) is 5.92 Å². The fraction of sp³-hybridized carbons (Fsp3) is 0.415. The Labute approximate surface area is 330 Å². The summed E-state index contributed by atoms with van der Waals surface area (Å²) < 4.78 is 10.1. The highest BCUT2D eigenvalue weighted by Crippen LogP contribution is 2.35. The Morgan fingerprint density at radius 3 is 1.98 bits per heavy atom. The quantitative estimate of drug-likeness (QED) is 0.125. The monoisotopic (exact) mass is 776 g/mol.